The van der Waals surface area contributed by atoms with Gasteiger partial charge in [-0.2, -0.15) is 0 Å². The average molecular weight is 235 g/mol. The number of aliphatic hydroxyl groups excluding tert-OH is 1. The molecule has 0 saturated heterocycles. The molecule has 1 N–H and O–H groups in total. The Morgan fingerprint density at radius 3 is 2.88 bits per heavy atom. The molecule has 17 heavy (non-hydrogen) atoms. The summed E-state index contributed by atoms with van der Waals surface area (Å²) in [5, 5.41) is 9.60. The molecule has 1 aliphatic carbocycles. The van der Waals surface area contributed by atoms with Gasteiger partial charge in [-0.1, -0.05) is 12.8 Å². The summed E-state index contributed by atoms with van der Waals surface area (Å²) in [5.74, 6) is 0. The van der Waals surface area contributed by atoms with Crippen LogP contribution in [0, 0.1) is 0 Å². The van der Waals surface area contributed by atoms with Gasteiger partial charge in [-0.3, -0.25) is 4.90 Å². The fourth-order valence-corrected chi connectivity index (χ4v) is 3.37. The van der Waals surface area contributed by atoms with Crippen molar-refractivity contribution in [3.8, 4) is 0 Å². The molecule has 4 heteroatoms. The predicted molar refractivity (Wildman–Crippen MR) is 65.6 cm³/mol. The Morgan fingerprint density at radius 2 is 2.18 bits per heavy atom. The fourth-order valence-electron chi connectivity index (χ4n) is 3.37. The molecule has 1 atom stereocenters. The molecule has 1 aliphatic heterocycles. The third-order valence-corrected chi connectivity index (χ3v) is 4.38. The van der Waals surface area contributed by atoms with Crippen molar-refractivity contribution < 1.29 is 5.11 Å². The molecule has 0 aromatic carbocycles. The van der Waals surface area contributed by atoms with Crippen molar-refractivity contribution in [2.45, 2.75) is 50.7 Å². The third-order valence-electron chi connectivity index (χ3n) is 4.38. The van der Waals surface area contributed by atoms with Crippen molar-refractivity contribution in [1.82, 2.24) is 14.5 Å². The van der Waals surface area contributed by atoms with E-state index in [4.69, 9.17) is 0 Å². The highest BCUT2D eigenvalue weighted by molar-refractivity contribution is 5.18. The summed E-state index contributed by atoms with van der Waals surface area (Å²) in [4.78, 5) is 6.97. The van der Waals surface area contributed by atoms with Gasteiger partial charge in [-0.05, 0) is 12.8 Å². The molecule has 0 radical (unpaired) electrons. The zero-order chi connectivity index (χ0) is 11.8. The van der Waals surface area contributed by atoms with Gasteiger partial charge in [-0.25, -0.2) is 4.98 Å². The van der Waals surface area contributed by atoms with Crippen molar-refractivity contribution in [2.75, 3.05) is 6.61 Å². The summed E-state index contributed by atoms with van der Waals surface area (Å²) in [6.07, 6.45) is 8.11. The van der Waals surface area contributed by atoms with Crippen molar-refractivity contribution in [3.05, 3.63) is 17.7 Å². The quantitative estimate of drug-likeness (QED) is 0.834. The van der Waals surface area contributed by atoms with Crippen LogP contribution in [0.1, 0.15) is 37.1 Å². The van der Waals surface area contributed by atoms with Crippen LogP contribution in [-0.2, 0) is 20.0 Å². The summed E-state index contributed by atoms with van der Waals surface area (Å²) in [7, 11) is 2.05. The van der Waals surface area contributed by atoms with Gasteiger partial charge in [0, 0.05) is 37.8 Å². The van der Waals surface area contributed by atoms with Crippen LogP contribution in [0.25, 0.3) is 0 Å². The first-order valence-corrected chi connectivity index (χ1v) is 6.65. The molecule has 1 fully saturated rings. The summed E-state index contributed by atoms with van der Waals surface area (Å²) in [6, 6.07) is 0.961. The van der Waals surface area contributed by atoms with Gasteiger partial charge < -0.3 is 9.67 Å². The molecule has 0 spiro atoms. The minimum absolute atomic E-state index is 0.265. The first-order valence-electron chi connectivity index (χ1n) is 6.65. The van der Waals surface area contributed by atoms with E-state index in [0.29, 0.717) is 12.1 Å². The summed E-state index contributed by atoms with van der Waals surface area (Å²) < 4.78 is 2.10. The second-order valence-corrected chi connectivity index (χ2v) is 5.40. The van der Waals surface area contributed by atoms with E-state index in [-0.39, 0.29) is 6.61 Å². The number of rotatable bonds is 2. The first-order chi connectivity index (χ1) is 8.29. The van der Waals surface area contributed by atoms with Crippen LogP contribution in [0.5, 0.6) is 0 Å². The molecule has 2 aliphatic rings. The van der Waals surface area contributed by atoms with Crippen LogP contribution in [0.2, 0.25) is 0 Å². The Morgan fingerprint density at radius 1 is 1.41 bits per heavy atom. The minimum atomic E-state index is 0.265. The van der Waals surface area contributed by atoms with Gasteiger partial charge in [0.1, 0.15) is 0 Å². The Bertz CT molecular complexity index is 395. The maximum absolute atomic E-state index is 9.60. The normalized spacial score (nSPS) is 26.4. The Labute approximate surface area is 102 Å². The summed E-state index contributed by atoms with van der Waals surface area (Å²) >= 11 is 0. The topological polar surface area (TPSA) is 41.3 Å². The second kappa shape index (κ2) is 4.42. The summed E-state index contributed by atoms with van der Waals surface area (Å²) in [5.41, 5.74) is 2.52. The molecule has 0 bridgehead atoms. The smallest absolute Gasteiger partial charge is 0.0949 e. The number of fused-ring (bicyclic) bond motifs is 1. The number of aryl methyl sites for hydroxylation is 1. The van der Waals surface area contributed by atoms with Gasteiger partial charge in [0.2, 0.25) is 0 Å². The van der Waals surface area contributed by atoms with E-state index in [0.717, 1.165) is 13.0 Å². The Kier molecular flexibility index (Phi) is 2.92. The lowest BCUT2D eigenvalue weighted by Gasteiger charge is -2.38. The zero-order valence-corrected chi connectivity index (χ0v) is 10.5. The van der Waals surface area contributed by atoms with E-state index < -0.39 is 0 Å². The van der Waals surface area contributed by atoms with Gasteiger partial charge in [0.25, 0.3) is 0 Å². The van der Waals surface area contributed by atoms with Crippen LogP contribution in [0.15, 0.2) is 6.33 Å². The zero-order valence-electron chi connectivity index (χ0n) is 10.5. The Balaban J connectivity index is 1.85. The lowest BCUT2D eigenvalue weighted by Crippen LogP contribution is -2.47. The minimum Gasteiger partial charge on any atom is -0.395 e. The van der Waals surface area contributed by atoms with Crippen LogP contribution in [0.3, 0.4) is 0 Å². The maximum Gasteiger partial charge on any atom is 0.0949 e. The lowest BCUT2D eigenvalue weighted by molar-refractivity contribution is 0.0653. The van der Waals surface area contributed by atoms with E-state index >= 15 is 0 Å². The van der Waals surface area contributed by atoms with Crippen LogP contribution in [0.4, 0.5) is 0 Å². The molecule has 1 aromatic rings. The van der Waals surface area contributed by atoms with Crippen LogP contribution in [-0.4, -0.2) is 38.2 Å². The molecule has 2 heterocycles. The van der Waals surface area contributed by atoms with E-state index in [1.807, 2.05) is 13.4 Å². The van der Waals surface area contributed by atoms with Crippen molar-refractivity contribution in [2.24, 2.45) is 7.05 Å². The standard InChI is InChI=1S/C13H21N3O/c1-15-9-14-12-7-16(10-4-2-3-5-10)11(8-17)6-13(12)15/h9-11,17H,2-8H2,1H3/t11-/m0/s1. The number of aliphatic hydroxyl groups is 1. The molecular weight excluding hydrogens is 214 g/mol. The molecule has 4 nitrogen and oxygen atoms in total. The Hall–Kier alpha value is -0.870. The van der Waals surface area contributed by atoms with Gasteiger partial charge >= 0.3 is 0 Å². The third kappa shape index (κ3) is 1.89. The van der Waals surface area contributed by atoms with Crippen molar-refractivity contribution >= 4 is 0 Å². The first kappa shape index (κ1) is 11.2. The molecule has 94 valence electrons. The highest BCUT2D eigenvalue weighted by atomic mass is 16.3. The number of nitrogens with zero attached hydrogens (tertiary/aromatic N) is 3. The number of hydrogen-bond acceptors (Lipinski definition) is 3. The molecule has 0 amide bonds. The van der Waals surface area contributed by atoms with E-state index in [9.17, 15) is 5.11 Å². The average Bonchev–Trinajstić information content (AvgIpc) is 2.98. The molecular formula is C13H21N3O. The van der Waals surface area contributed by atoms with Gasteiger partial charge in [0.05, 0.1) is 18.6 Å². The predicted octanol–water partition coefficient (Wildman–Crippen LogP) is 1.08. The monoisotopic (exact) mass is 235 g/mol. The largest absolute Gasteiger partial charge is 0.395 e. The maximum atomic E-state index is 9.60. The fraction of sp³-hybridized carbons (Fsp3) is 0.769. The van der Waals surface area contributed by atoms with E-state index in [1.165, 1.54) is 37.1 Å². The number of imidazole rings is 1. The van der Waals surface area contributed by atoms with Crippen molar-refractivity contribution in [1.29, 1.82) is 0 Å². The van der Waals surface area contributed by atoms with E-state index in [1.54, 1.807) is 0 Å². The number of hydrogen-bond donors (Lipinski definition) is 1. The molecule has 3 rings (SSSR count). The molecule has 0 unspecified atom stereocenters. The SMILES string of the molecule is Cn1cnc2c1C[C@@H](CO)N(C1CCCC1)C2. The highest BCUT2D eigenvalue weighted by Crippen LogP contribution is 2.31. The summed E-state index contributed by atoms with van der Waals surface area (Å²) in [6.45, 7) is 1.19. The second-order valence-electron chi connectivity index (χ2n) is 5.40. The number of aromatic nitrogens is 2. The van der Waals surface area contributed by atoms with Crippen molar-refractivity contribution in [3.63, 3.8) is 0 Å². The van der Waals surface area contributed by atoms with Gasteiger partial charge in [-0.15, -0.1) is 0 Å². The van der Waals surface area contributed by atoms with Crippen LogP contribution < -0.4 is 0 Å². The lowest BCUT2D eigenvalue weighted by atomic mass is 10.00. The van der Waals surface area contributed by atoms with Crippen LogP contribution >= 0.6 is 0 Å². The van der Waals surface area contributed by atoms with Gasteiger partial charge in [0.15, 0.2) is 0 Å². The molecule has 1 saturated carbocycles. The molecule has 1 aromatic heterocycles. The highest BCUT2D eigenvalue weighted by Gasteiger charge is 2.34. The van der Waals surface area contributed by atoms with E-state index in [2.05, 4.69) is 14.5 Å².